The molecular weight excluding hydrogens is 266 g/mol. The predicted octanol–water partition coefficient (Wildman–Crippen LogP) is 3.04. The molecule has 1 aliphatic heterocycles. The maximum atomic E-state index is 11.9. The number of benzene rings is 2. The molecule has 0 bridgehead atoms. The molecule has 3 rings (SSSR count). The van der Waals surface area contributed by atoms with Crippen molar-refractivity contribution in [2.24, 2.45) is 4.99 Å². The monoisotopic (exact) mass is 279 g/mol. The molecular formula is C17H13NO3. The first kappa shape index (κ1) is 13.1. The van der Waals surface area contributed by atoms with Crippen LogP contribution in [0.4, 0.5) is 0 Å². The van der Waals surface area contributed by atoms with Crippen molar-refractivity contribution in [3.05, 3.63) is 71.4 Å². The van der Waals surface area contributed by atoms with Crippen molar-refractivity contribution >= 4 is 17.9 Å². The van der Waals surface area contributed by atoms with Crippen LogP contribution in [0.2, 0.25) is 0 Å². The molecule has 0 aliphatic carbocycles. The molecule has 21 heavy (non-hydrogen) atoms. The van der Waals surface area contributed by atoms with Crippen LogP contribution in [0.5, 0.6) is 5.75 Å². The Balaban J connectivity index is 1.89. The topological polar surface area (TPSA) is 47.9 Å². The number of rotatable bonds is 3. The average molecular weight is 279 g/mol. The number of carbonyl (C=O) groups is 1. The molecule has 0 fully saturated rings. The molecule has 1 heterocycles. The van der Waals surface area contributed by atoms with Crippen LogP contribution in [0.15, 0.2) is 65.3 Å². The second-order valence-corrected chi connectivity index (χ2v) is 4.48. The van der Waals surface area contributed by atoms with Gasteiger partial charge in [-0.2, -0.15) is 0 Å². The summed E-state index contributed by atoms with van der Waals surface area (Å²) in [6, 6.07) is 16.7. The van der Waals surface area contributed by atoms with Crippen LogP contribution in [-0.4, -0.2) is 19.0 Å². The third kappa shape index (κ3) is 2.84. The van der Waals surface area contributed by atoms with E-state index < -0.39 is 5.97 Å². The molecule has 2 aromatic carbocycles. The van der Waals surface area contributed by atoms with Crippen LogP contribution in [0.3, 0.4) is 0 Å². The molecule has 0 unspecified atom stereocenters. The number of methoxy groups -OCH3 is 1. The Morgan fingerprint density at radius 1 is 1.05 bits per heavy atom. The molecule has 0 saturated carbocycles. The van der Waals surface area contributed by atoms with Gasteiger partial charge in [-0.05, 0) is 35.9 Å². The Bertz CT molecular complexity index is 715. The van der Waals surface area contributed by atoms with E-state index in [1.807, 2.05) is 54.6 Å². The minimum Gasteiger partial charge on any atom is -0.497 e. The fourth-order valence-corrected chi connectivity index (χ4v) is 1.97. The summed E-state index contributed by atoms with van der Waals surface area (Å²) in [5.74, 6) is 0.657. The number of hydrogen-bond acceptors (Lipinski definition) is 4. The minimum absolute atomic E-state index is 0.291. The van der Waals surface area contributed by atoms with Gasteiger partial charge in [0.1, 0.15) is 5.75 Å². The third-order valence-electron chi connectivity index (χ3n) is 3.06. The molecule has 0 saturated heterocycles. The van der Waals surface area contributed by atoms with Crippen molar-refractivity contribution in [1.29, 1.82) is 0 Å². The van der Waals surface area contributed by atoms with Gasteiger partial charge in [-0.1, -0.05) is 30.3 Å². The van der Waals surface area contributed by atoms with Gasteiger partial charge in [-0.25, -0.2) is 9.79 Å². The molecule has 0 spiro atoms. The Morgan fingerprint density at radius 2 is 1.76 bits per heavy atom. The summed E-state index contributed by atoms with van der Waals surface area (Å²) < 4.78 is 10.3. The van der Waals surface area contributed by atoms with E-state index in [4.69, 9.17) is 9.47 Å². The van der Waals surface area contributed by atoms with Gasteiger partial charge in [-0.3, -0.25) is 0 Å². The van der Waals surface area contributed by atoms with Crippen LogP contribution >= 0.6 is 0 Å². The van der Waals surface area contributed by atoms with E-state index in [9.17, 15) is 4.79 Å². The molecule has 0 radical (unpaired) electrons. The van der Waals surface area contributed by atoms with E-state index in [1.165, 1.54) is 0 Å². The van der Waals surface area contributed by atoms with Gasteiger partial charge in [-0.15, -0.1) is 0 Å². The van der Waals surface area contributed by atoms with Crippen LogP contribution in [0, 0.1) is 0 Å². The molecule has 0 amide bonds. The fraction of sp³-hybridized carbons (Fsp3) is 0.0588. The fourth-order valence-electron chi connectivity index (χ4n) is 1.97. The van der Waals surface area contributed by atoms with Crippen LogP contribution in [0.25, 0.3) is 6.08 Å². The lowest BCUT2D eigenvalue weighted by atomic mass is 10.2. The third-order valence-corrected chi connectivity index (χ3v) is 3.06. The number of nitrogens with zero attached hydrogens (tertiary/aromatic N) is 1. The van der Waals surface area contributed by atoms with E-state index in [2.05, 4.69) is 4.99 Å². The highest BCUT2D eigenvalue weighted by Crippen LogP contribution is 2.20. The van der Waals surface area contributed by atoms with E-state index in [0.29, 0.717) is 11.6 Å². The van der Waals surface area contributed by atoms with Crippen molar-refractivity contribution in [3.8, 4) is 5.75 Å². The maximum Gasteiger partial charge on any atom is 0.363 e. The zero-order valence-corrected chi connectivity index (χ0v) is 11.4. The summed E-state index contributed by atoms with van der Waals surface area (Å²) in [7, 11) is 1.61. The minimum atomic E-state index is -0.440. The lowest BCUT2D eigenvalue weighted by molar-refractivity contribution is -0.129. The largest absolute Gasteiger partial charge is 0.497 e. The Morgan fingerprint density at radius 3 is 2.43 bits per heavy atom. The number of aliphatic imine (C=N–C) groups is 1. The van der Waals surface area contributed by atoms with Gasteiger partial charge in [0, 0.05) is 5.56 Å². The molecule has 0 atom stereocenters. The van der Waals surface area contributed by atoms with Gasteiger partial charge < -0.3 is 9.47 Å². The molecule has 0 N–H and O–H groups in total. The second kappa shape index (κ2) is 5.63. The van der Waals surface area contributed by atoms with E-state index in [-0.39, 0.29) is 0 Å². The normalized spacial score (nSPS) is 15.8. The smallest absolute Gasteiger partial charge is 0.363 e. The summed E-state index contributed by atoms with van der Waals surface area (Å²) in [4.78, 5) is 16.1. The molecule has 2 aromatic rings. The highest BCUT2D eigenvalue weighted by atomic mass is 16.6. The zero-order chi connectivity index (χ0) is 14.7. The first-order valence-corrected chi connectivity index (χ1v) is 6.48. The average Bonchev–Trinajstić information content (AvgIpc) is 2.90. The Hall–Kier alpha value is -2.88. The number of hydrogen-bond donors (Lipinski definition) is 0. The van der Waals surface area contributed by atoms with Crippen molar-refractivity contribution < 1.29 is 14.3 Å². The van der Waals surface area contributed by atoms with Crippen LogP contribution < -0.4 is 4.74 Å². The van der Waals surface area contributed by atoms with Gasteiger partial charge in [0.2, 0.25) is 5.90 Å². The zero-order valence-electron chi connectivity index (χ0n) is 11.4. The summed E-state index contributed by atoms with van der Waals surface area (Å²) in [5, 5.41) is 0. The lowest BCUT2D eigenvalue weighted by Gasteiger charge is -1.99. The first-order valence-electron chi connectivity index (χ1n) is 6.48. The van der Waals surface area contributed by atoms with E-state index in [0.717, 1.165) is 16.9 Å². The molecule has 104 valence electrons. The predicted molar refractivity (Wildman–Crippen MR) is 80.0 cm³/mol. The van der Waals surface area contributed by atoms with E-state index in [1.54, 1.807) is 13.2 Å². The van der Waals surface area contributed by atoms with Crippen molar-refractivity contribution in [2.75, 3.05) is 7.11 Å². The van der Waals surface area contributed by atoms with Crippen LogP contribution in [0.1, 0.15) is 11.1 Å². The highest BCUT2D eigenvalue weighted by molar-refractivity contribution is 6.12. The standard InChI is InChI=1S/C17H13NO3/c1-20-14-9-7-12(8-10-14)11-15-17(19)21-16(18-15)13-5-3-2-4-6-13/h2-11H,1H3/b15-11+. The van der Waals surface area contributed by atoms with Gasteiger partial charge in [0.15, 0.2) is 5.70 Å². The van der Waals surface area contributed by atoms with Gasteiger partial charge >= 0.3 is 5.97 Å². The number of carbonyl (C=O) groups excluding carboxylic acids is 1. The molecule has 0 aromatic heterocycles. The number of ether oxygens (including phenoxy) is 2. The quantitative estimate of drug-likeness (QED) is 0.641. The van der Waals surface area contributed by atoms with Crippen molar-refractivity contribution in [3.63, 3.8) is 0 Å². The number of esters is 1. The lowest BCUT2D eigenvalue weighted by Crippen LogP contribution is -2.04. The second-order valence-electron chi connectivity index (χ2n) is 4.48. The summed E-state index contributed by atoms with van der Waals surface area (Å²) >= 11 is 0. The van der Waals surface area contributed by atoms with Gasteiger partial charge in [0.05, 0.1) is 7.11 Å². The van der Waals surface area contributed by atoms with E-state index >= 15 is 0 Å². The van der Waals surface area contributed by atoms with Crippen molar-refractivity contribution in [1.82, 2.24) is 0 Å². The maximum absolute atomic E-state index is 11.9. The Kier molecular flexibility index (Phi) is 3.51. The highest BCUT2D eigenvalue weighted by Gasteiger charge is 2.23. The summed E-state index contributed by atoms with van der Waals surface area (Å²) in [6.07, 6.45) is 1.69. The summed E-state index contributed by atoms with van der Waals surface area (Å²) in [5.41, 5.74) is 1.93. The SMILES string of the molecule is COc1ccc(/C=C2/N=C(c3ccccc3)OC2=O)cc1. The van der Waals surface area contributed by atoms with Gasteiger partial charge in [0.25, 0.3) is 0 Å². The Labute approximate surface area is 122 Å². The first-order chi connectivity index (χ1) is 10.3. The molecule has 1 aliphatic rings. The van der Waals surface area contributed by atoms with Crippen LogP contribution in [-0.2, 0) is 9.53 Å². The molecule has 4 nitrogen and oxygen atoms in total. The molecule has 4 heteroatoms. The number of cyclic esters (lactones) is 1. The van der Waals surface area contributed by atoms with Crippen molar-refractivity contribution in [2.45, 2.75) is 0 Å². The summed E-state index contributed by atoms with van der Waals surface area (Å²) in [6.45, 7) is 0.